The smallest absolute Gasteiger partial charge is 0.277 e. The van der Waals surface area contributed by atoms with Crippen molar-refractivity contribution in [3.8, 4) is 0 Å². The Kier molecular flexibility index (Phi) is 5.13. The topological polar surface area (TPSA) is 68.0 Å². The molecule has 0 radical (unpaired) electrons. The first-order valence-electron chi connectivity index (χ1n) is 9.30. The second kappa shape index (κ2) is 7.70. The van der Waals surface area contributed by atoms with E-state index in [1.165, 1.54) is 30.1 Å². The summed E-state index contributed by atoms with van der Waals surface area (Å²) < 4.78 is 3.55. The molecule has 0 bridgehead atoms. The Morgan fingerprint density at radius 2 is 1.96 bits per heavy atom. The molecule has 1 aromatic carbocycles. The quantitative estimate of drug-likeness (QED) is 0.731. The first-order valence-corrected chi connectivity index (χ1v) is 9.68. The molecular formula is C19H23ClN6O. The lowest BCUT2D eigenvalue weighted by Crippen LogP contribution is -2.33. The summed E-state index contributed by atoms with van der Waals surface area (Å²) in [6, 6.07) is 7.93. The Labute approximate surface area is 162 Å². The van der Waals surface area contributed by atoms with Gasteiger partial charge in [0.2, 0.25) is 5.95 Å². The second-order valence-electron chi connectivity index (χ2n) is 6.90. The molecule has 0 spiro atoms. The fraction of sp³-hybridized carbons (Fsp3) is 0.421. The zero-order chi connectivity index (χ0) is 18.8. The third-order valence-electron chi connectivity index (χ3n) is 5.08. The number of aromatic nitrogens is 4. The SMILES string of the molecule is Cn1ncc(Cl)c1C(=O)Nc1nc2ccccc2n1CCN1CCCCC1. The highest BCUT2D eigenvalue weighted by Crippen LogP contribution is 2.22. The predicted molar refractivity (Wildman–Crippen MR) is 106 cm³/mol. The van der Waals surface area contributed by atoms with Gasteiger partial charge in [-0.2, -0.15) is 5.10 Å². The van der Waals surface area contributed by atoms with Gasteiger partial charge in [-0.15, -0.1) is 0 Å². The summed E-state index contributed by atoms with van der Waals surface area (Å²) in [7, 11) is 1.69. The third-order valence-corrected chi connectivity index (χ3v) is 5.35. The van der Waals surface area contributed by atoms with Gasteiger partial charge in [0, 0.05) is 20.1 Å². The number of imidazole rings is 1. The molecule has 0 atom stereocenters. The number of hydrogen-bond donors (Lipinski definition) is 1. The number of aryl methyl sites for hydroxylation is 1. The minimum absolute atomic E-state index is 0.311. The first kappa shape index (κ1) is 18.0. The summed E-state index contributed by atoms with van der Waals surface area (Å²) in [5.74, 6) is 0.227. The van der Waals surface area contributed by atoms with Crippen LogP contribution in [0.1, 0.15) is 29.8 Å². The number of anilines is 1. The van der Waals surface area contributed by atoms with Crippen molar-refractivity contribution in [3.05, 3.63) is 41.2 Å². The van der Waals surface area contributed by atoms with Gasteiger partial charge in [0.15, 0.2) is 0 Å². The lowest BCUT2D eigenvalue weighted by atomic mass is 10.1. The molecule has 7 nitrogen and oxygen atoms in total. The molecule has 1 N–H and O–H groups in total. The molecule has 27 heavy (non-hydrogen) atoms. The number of carbonyl (C=O) groups is 1. The Balaban J connectivity index is 1.60. The molecule has 0 aliphatic carbocycles. The standard InChI is InChI=1S/C19H23ClN6O/c1-24-17(14(20)13-21-24)18(27)23-19-22-15-7-3-4-8-16(15)26(19)12-11-25-9-5-2-6-10-25/h3-4,7-8,13H,2,5-6,9-12H2,1H3,(H,22,23,27). The van der Waals surface area contributed by atoms with Gasteiger partial charge in [-0.05, 0) is 38.1 Å². The number of rotatable bonds is 5. The van der Waals surface area contributed by atoms with Crippen LogP contribution in [0.3, 0.4) is 0 Å². The van der Waals surface area contributed by atoms with Gasteiger partial charge < -0.3 is 9.47 Å². The number of amides is 1. The average molecular weight is 387 g/mol. The van der Waals surface area contributed by atoms with E-state index in [1.807, 2.05) is 24.3 Å². The molecule has 0 saturated carbocycles. The summed E-state index contributed by atoms with van der Waals surface area (Å²) in [5.41, 5.74) is 2.20. The molecule has 1 fully saturated rings. The maximum atomic E-state index is 12.7. The van der Waals surface area contributed by atoms with E-state index >= 15 is 0 Å². The molecule has 3 aromatic rings. The van der Waals surface area contributed by atoms with Crippen molar-refractivity contribution >= 4 is 34.5 Å². The van der Waals surface area contributed by atoms with Crippen LogP contribution < -0.4 is 5.32 Å². The number of likely N-dealkylation sites (tertiary alicyclic amines) is 1. The lowest BCUT2D eigenvalue weighted by molar-refractivity contribution is 0.101. The summed E-state index contributed by atoms with van der Waals surface area (Å²) in [4.78, 5) is 19.8. The molecule has 142 valence electrons. The van der Waals surface area contributed by atoms with E-state index in [2.05, 4.69) is 24.9 Å². The number of carbonyl (C=O) groups excluding carboxylic acids is 1. The van der Waals surface area contributed by atoms with Crippen LogP contribution in [-0.2, 0) is 13.6 Å². The average Bonchev–Trinajstić information content (AvgIpc) is 3.20. The Bertz CT molecular complexity index is 937. The van der Waals surface area contributed by atoms with Crippen molar-refractivity contribution in [2.45, 2.75) is 25.8 Å². The number of hydrogen-bond acceptors (Lipinski definition) is 4. The number of piperidine rings is 1. The molecule has 1 aliphatic rings. The molecule has 3 heterocycles. The Morgan fingerprint density at radius 3 is 2.70 bits per heavy atom. The van der Waals surface area contributed by atoms with Gasteiger partial charge in [-0.25, -0.2) is 4.98 Å². The van der Waals surface area contributed by atoms with Gasteiger partial charge in [0.1, 0.15) is 5.69 Å². The van der Waals surface area contributed by atoms with Crippen LogP contribution in [0.4, 0.5) is 5.95 Å². The fourth-order valence-electron chi connectivity index (χ4n) is 3.65. The second-order valence-corrected chi connectivity index (χ2v) is 7.30. The van der Waals surface area contributed by atoms with Crippen LogP contribution in [0, 0.1) is 0 Å². The van der Waals surface area contributed by atoms with Crippen LogP contribution in [0.2, 0.25) is 5.02 Å². The van der Waals surface area contributed by atoms with Crippen LogP contribution >= 0.6 is 11.6 Å². The van der Waals surface area contributed by atoms with E-state index in [9.17, 15) is 4.79 Å². The van der Waals surface area contributed by atoms with Crippen LogP contribution in [0.15, 0.2) is 30.5 Å². The highest BCUT2D eigenvalue weighted by atomic mass is 35.5. The van der Waals surface area contributed by atoms with Gasteiger partial charge >= 0.3 is 0 Å². The van der Waals surface area contributed by atoms with Crippen molar-refractivity contribution in [1.82, 2.24) is 24.2 Å². The van der Waals surface area contributed by atoms with Gasteiger partial charge in [0.25, 0.3) is 5.91 Å². The van der Waals surface area contributed by atoms with Crippen LogP contribution in [0.25, 0.3) is 11.0 Å². The van der Waals surface area contributed by atoms with E-state index in [0.29, 0.717) is 16.7 Å². The molecule has 2 aromatic heterocycles. The summed E-state index contributed by atoms with van der Waals surface area (Å²) in [6.07, 6.45) is 5.30. The fourth-order valence-corrected chi connectivity index (χ4v) is 3.90. The van der Waals surface area contributed by atoms with Gasteiger partial charge in [-0.3, -0.25) is 14.8 Å². The molecule has 0 unspecified atom stereocenters. The van der Waals surface area contributed by atoms with Crippen molar-refractivity contribution in [3.63, 3.8) is 0 Å². The van der Waals surface area contributed by atoms with Crippen molar-refractivity contribution in [2.24, 2.45) is 7.05 Å². The van der Waals surface area contributed by atoms with E-state index in [-0.39, 0.29) is 5.91 Å². The van der Waals surface area contributed by atoms with E-state index in [1.54, 1.807) is 7.05 Å². The zero-order valence-corrected chi connectivity index (χ0v) is 16.1. The summed E-state index contributed by atoms with van der Waals surface area (Å²) in [6.45, 7) is 3.99. The third kappa shape index (κ3) is 3.70. The lowest BCUT2D eigenvalue weighted by Gasteiger charge is -2.26. The maximum Gasteiger partial charge on any atom is 0.277 e. The molecule has 1 aliphatic heterocycles. The van der Waals surface area contributed by atoms with Crippen LogP contribution in [-0.4, -0.2) is 49.8 Å². The highest BCUT2D eigenvalue weighted by Gasteiger charge is 2.20. The van der Waals surface area contributed by atoms with E-state index < -0.39 is 0 Å². The van der Waals surface area contributed by atoms with Crippen molar-refractivity contribution in [1.29, 1.82) is 0 Å². The Morgan fingerprint density at radius 1 is 1.19 bits per heavy atom. The van der Waals surface area contributed by atoms with Crippen molar-refractivity contribution < 1.29 is 4.79 Å². The monoisotopic (exact) mass is 386 g/mol. The highest BCUT2D eigenvalue weighted by molar-refractivity contribution is 6.34. The van der Waals surface area contributed by atoms with Crippen molar-refractivity contribution in [2.75, 3.05) is 25.0 Å². The molecule has 4 rings (SSSR count). The van der Waals surface area contributed by atoms with E-state index in [4.69, 9.17) is 11.6 Å². The zero-order valence-electron chi connectivity index (χ0n) is 15.4. The molecule has 1 amide bonds. The molecular weight excluding hydrogens is 364 g/mol. The normalized spacial score (nSPS) is 15.3. The minimum Gasteiger partial charge on any atom is -0.309 e. The molecule has 1 saturated heterocycles. The number of nitrogens with one attached hydrogen (secondary N) is 1. The first-order chi connectivity index (χ1) is 13.1. The number of benzene rings is 1. The number of halogens is 1. The maximum absolute atomic E-state index is 12.7. The van der Waals surface area contributed by atoms with Crippen LogP contribution in [0.5, 0.6) is 0 Å². The molecule has 8 heteroatoms. The summed E-state index contributed by atoms with van der Waals surface area (Å²) in [5, 5.41) is 7.28. The minimum atomic E-state index is -0.311. The van der Waals surface area contributed by atoms with E-state index in [0.717, 1.165) is 37.2 Å². The van der Waals surface area contributed by atoms with Gasteiger partial charge in [-0.1, -0.05) is 30.2 Å². The largest absolute Gasteiger partial charge is 0.309 e. The number of fused-ring (bicyclic) bond motifs is 1. The number of nitrogens with zero attached hydrogens (tertiary/aromatic N) is 5. The predicted octanol–water partition coefficient (Wildman–Crippen LogP) is 3.16. The Hall–Kier alpha value is -2.38. The van der Waals surface area contributed by atoms with Gasteiger partial charge in [0.05, 0.1) is 22.3 Å². The number of para-hydroxylation sites is 2. The summed E-state index contributed by atoms with van der Waals surface area (Å²) >= 11 is 6.11.